The van der Waals surface area contributed by atoms with E-state index in [1.165, 1.54) is 12.1 Å². The molecule has 1 fully saturated rings. The summed E-state index contributed by atoms with van der Waals surface area (Å²) in [4.78, 5) is 0. The first-order chi connectivity index (χ1) is 8.61. The van der Waals surface area contributed by atoms with Gasteiger partial charge in [0.2, 0.25) is 0 Å². The van der Waals surface area contributed by atoms with Gasteiger partial charge in [0.25, 0.3) is 0 Å². The molecule has 1 heterocycles. The molecule has 1 aliphatic rings. The van der Waals surface area contributed by atoms with E-state index in [2.05, 4.69) is 5.32 Å². The van der Waals surface area contributed by atoms with Crippen LogP contribution in [0.3, 0.4) is 0 Å². The summed E-state index contributed by atoms with van der Waals surface area (Å²) in [5.74, 6) is 0.0119. The summed E-state index contributed by atoms with van der Waals surface area (Å²) in [6, 6.07) is 2.73. The largest absolute Gasteiger partial charge is 0.485 e. The average molecular weight is 292 g/mol. The van der Waals surface area contributed by atoms with Crippen LogP contribution < -0.4 is 10.1 Å². The molecule has 0 saturated carbocycles. The number of rotatable bonds is 4. The van der Waals surface area contributed by atoms with Gasteiger partial charge in [-0.2, -0.15) is 0 Å². The van der Waals surface area contributed by atoms with E-state index in [1.54, 1.807) is 0 Å². The molecule has 18 heavy (non-hydrogen) atoms. The second-order valence-electron chi connectivity index (χ2n) is 4.52. The molecule has 1 aromatic carbocycles. The molecule has 1 N–H and O–H groups in total. The first-order valence-electron chi connectivity index (χ1n) is 6.13. The lowest BCUT2D eigenvalue weighted by atomic mass is 9.99. The van der Waals surface area contributed by atoms with Gasteiger partial charge in [0.1, 0.15) is 6.10 Å². The van der Waals surface area contributed by atoms with Crippen LogP contribution in [0.4, 0.5) is 4.39 Å². The minimum Gasteiger partial charge on any atom is -0.485 e. The molecule has 0 aromatic heterocycles. The number of hydrogen-bond donors (Lipinski definition) is 1. The number of hydrogen-bond acceptors (Lipinski definition) is 2. The summed E-state index contributed by atoms with van der Waals surface area (Å²) in [5, 5.41) is 3.79. The first kappa shape index (κ1) is 13.9. The molecule has 1 aliphatic heterocycles. The van der Waals surface area contributed by atoms with E-state index < -0.39 is 5.82 Å². The van der Waals surface area contributed by atoms with Crippen LogP contribution in [-0.4, -0.2) is 19.2 Å². The fraction of sp³-hybridized carbons (Fsp3) is 0.538. The van der Waals surface area contributed by atoms with E-state index in [0.29, 0.717) is 5.92 Å². The SMILES string of the molecule is CCC(Oc1c(F)cc(Cl)cc1Cl)C1CCNC1. The minimum atomic E-state index is -0.503. The summed E-state index contributed by atoms with van der Waals surface area (Å²) in [7, 11) is 0. The van der Waals surface area contributed by atoms with Crippen molar-refractivity contribution in [1.82, 2.24) is 5.32 Å². The lowest BCUT2D eigenvalue weighted by Crippen LogP contribution is -2.28. The van der Waals surface area contributed by atoms with E-state index in [-0.39, 0.29) is 21.9 Å². The van der Waals surface area contributed by atoms with Gasteiger partial charge in [-0.05, 0) is 31.5 Å². The van der Waals surface area contributed by atoms with Gasteiger partial charge in [0.05, 0.1) is 5.02 Å². The summed E-state index contributed by atoms with van der Waals surface area (Å²) in [6.45, 7) is 3.93. The Morgan fingerprint density at radius 1 is 1.50 bits per heavy atom. The Kier molecular flexibility index (Phi) is 4.71. The standard InChI is InChI=1S/C13H16Cl2FNO/c1-2-12(8-3-4-17-7-8)18-13-10(15)5-9(14)6-11(13)16/h5-6,8,12,17H,2-4,7H2,1H3. The Balaban J connectivity index is 2.16. The maximum Gasteiger partial charge on any atom is 0.174 e. The van der Waals surface area contributed by atoms with E-state index in [4.69, 9.17) is 27.9 Å². The summed E-state index contributed by atoms with van der Waals surface area (Å²) >= 11 is 11.7. The molecule has 0 radical (unpaired) electrons. The monoisotopic (exact) mass is 291 g/mol. The smallest absolute Gasteiger partial charge is 0.174 e. The molecule has 5 heteroatoms. The first-order valence-corrected chi connectivity index (χ1v) is 6.89. The Morgan fingerprint density at radius 2 is 2.28 bits per heavy atom. The van der Waals surface area contributed by atoms with Crippen molar-refractivity contribution in [3.05, 3.63) is 28.0 Å². The zero-order valence-electron chi connectivity index (χ0n) is 10.2. The molecule has 100 valence electrons. The normalized spacial score (nSPS) is 21.0. The molecule has 2 atom stereocenters. The molecule has 0 bridgehead atoms. The third-order valence-corrected chi connectivity index (χ3v) is 3.76. The van der Waals surface area contributed by atoms with Gasteiger partial charge in [-0.3, -0.25) is 0 Å². The van der Waals surface area contributed by atoms with Crippen molar-refractivity contribution < 1.29 is 9.13 Å². The predicted molar refractivity (Wildman–Crippen MR) is 72.1 cm³/mol. The van der Waals surface area contributed by atoms with Crippen LogP contribution in [0.5, 0.6) is 5.75 Å². The molecular formula is C13H16Cl2FNO. The van der Waals surface area contributed by atoms with Crippen LogP contribution in [-0.2, 0) is 0 Å². The van der Waals surface area contributed by atoms with Crippen molar-refractivity contribution in [3.63, 3.8) is 0 Å². The third kappa shape index (κ3) is 3.08. The minimum absolute atomic E-state index is 0.0202. The molecule has 2 rings (SSSR count). The molecule has 0 aliphatic carbocycles. The maximum atomic E-state index is 13.8. The molecular weight excluding hydrogens is 276 g/mol. The molecule has 0 amide bonds. The zero-order valence-corrected chi connectivity index (χ0v) is 11.7. The highest BCUT2D eigenvalue weighted by Gasteiger charge is 2.26. The number of benzene rings is 1. The highest BCUT2D eigenvalue weighted by atomic mass is 35.5. The molecule has 0 spiro atoms. The molecule has 1 saturated heterocycles. The van der Waals surface area contributed by atoms with Gasteiger partial charge >= 0.3 is 0 Å². The quantitative estimate of drug-likeness (QED) is 0.908. The highest BCUT2D eigenvalue weighted by Crippen LogP contribution is 2.33. The van der Waals surface area contributed by atoms with Gasteiger partial charge in [0.15, 0.2) is 11.6 Å². The van der Waals surface area contributed by atoms with Gasteiger partial charge in [-0.15, -0.1) is 0 Å². The van der Waals surface area contributed by atoms with Crippen molar-refractivity contribution >= 4 is 23.2 Å². The zero-order chi connectivity index (χ0) is 13.1. The maximum absolute atomic E-state index is 13.8. The van der Waals surface area contributed by atoms with E-state index in [9.17, 15) is 4.39 Å². The van der Waals surface area contributed by atoms with Crippen LogP contribution in [0, 0.1) is 11.7 Å². The Morgan fingerprint density at radius 3 is 2.83 bits per heavy atom. The van der Waals surface area contributed by atoms with E-state index in [1.807, 2.05) is 6.92 Å². The summed E-state index contributed by atoms with van der Waals surface area (Å²) < 4.78 is 19.5. The fourth-order valence-electron chi connectivity index (χ4n) is 2.30. The second-order valence-corrected chi connectivity index (χ2v) is 5.36. The van der Waals surface area contributed by atoms with Crippen molar-refractivity contribution in [2.45, 2.75) is 25.9 Å². The third-order valence-electron chi connectivity index (χ3n) is 3.26. The van der Waals surface area contributed by atoms with Gasteiger partial charge in [-0.25, -0.2) is 4.39 Å². The van der Waals surface area contributed by atoms with Gasteiger partial charge in [0, 0.05) is 17.5 Å². The van der Waals surface area contributed by atoms with Gasteiger partial charge < -0.3 is 10.1 Å². The van der Waals surface area contributed by atoms with Crippen molar-refractivity contribution in [2.24, 2.45) is 5.92 Å². The van der Waals surface area contributed by atoms with Crippen LogP contribution >= 0.6 is 23.2 Å². The average Bonchev–Trinajstić information content (AvgIpc) is 2.81. The summed E-state index contributed by atoms with van der Waals surface area (Å²) in [6.07, 6.45) is 1.85. The number of halogens is 3. The van der Waals surface area contributed by atoms with E-state index >= 15 is 0 Å². The number of nitrogens with one attached hydrogen (secondary N) is 1. The van der Waals surface area contributed by atoms with Crippen molar-refractivity contribution in [3.8, 4) is 5.75 Å². The molecule has 1 aromatic rings. The van der Waals surface area contributed by atoms with Crippen LogP contribution in [0.2, 0.25) is 10.0 Å². The summed E-state index contributed by atoms with van der Waals surface area (Å²) in [5.41, 5.74) is 0. The molecule has 2 unspecified atom stereocenters. The van der Waals surface area contributed by atoms with Crippen LogP contribution in [0.25, 0.3) is 0 Å². The predicted octanol–water partition coefficient (Wildman–Crippen LogP) is 3.90. The van der Waals surface area contributed by atoms with Crippen LogP contribution in [0.15, 0.2) is 12.1 Å². The molecule has 2 nitrogen and oxygen atoms in total. The Labute approximate surface area is 116 Å². The highest BCUT2D eigenvalue weighted by molar-refractivity contribution is 6.35. The van der Waals surface area contributed by atoms with Crippen molar-refractivity contribution in [2.75, 3.05) is 13.1 Å². The van der Waals surface area contributed by atoms with Gasteiger partial charge in [-0.1, -0.05) is 30.1 Å². The van der Waals surface area contributed by atoms with E-state index in [0.717, 1.165) is 25.9 Å². The van der Waals surface area contributed by atoms with Crippen molar-refractivity contribution in [1.29, 1.82) is 0 Å². The lowest BCUT2D eigenvalue weighted by Gasteiger charge is -2.24. The topological polar surface area (TPSA) is 21.3 Å². The van der Waals surface area contributed by atoms with Crippen LogP contribution in [0.1, 0.15) is 19.8 Å². The number of ether oxygens (including phenoxy) is 1. The fourth-order valence-corrected chi connectivity index (χ4v) is 2.81. The Bertz CT molecular complexity index is 398. The second kappa shape index (κ2) is 6.09. The lowest BCUT2D eigenvalue weighted by molar-refractivity contribution is 0.133. The Hall–Kier alpha value is -0.510.